The van der Waals surface area contributed by atoms with Crippen molar-refractivity contribution in [1.29, 1.82) is 0 Å². The molecule has 1 aliphatic carbocycles. The second-order valence-electron chi connectivity index (χ2n) is 5.34. The zero-order valence-electron chi connectivity index (χ0n) is 12.8. The van der Waals surface area contributed by atoms with Crippen molar-refractivity contribution in [3.05, 3.63) is 29.3 Å². The average Bonchev–Trinajstić information content (AvgIpc) is 3.29. The first-order chi connectivity index (χ1) is 10.2. The molecule has 1 aromatic carbocycles. The van der Waals surface area contributed by atoms with Crippen LogP contribution in [0.25, 0.3) is 0 Å². The van der Waals surface area contributed by atoms with Crippen molar-refractivity contribution < 1.29 is 14.6 Å². The summed E-state index contributed by atoms with van der Waals surface area (Å²) in [5.41, 5.74) is 2.11. The number of nitrogens with zero attached hydrogens (tertiary/aromatic N) is 1. The molecule has 0 unspecified atom stereocenters. The summed E-state index contributed by atoms with van der Waals surface area (Å²) in [6.45, 7) is 5.50. The minimum absolute atomic E-state index is 0.00603. The van der Waals surface area contributed by atoms with Gasteiger partial charge in [-0.2, -0.15) is 0 Å². The molecular weight excluding hydrogens is 268 g/mol. The minimum atomic E-state index is -0.0990. The zero-order chi connectivity index (χ0) is 15.2. The van der Waals surface area contributed by atoms with Crippen LogP contribution in [0.4, 0.5) is 4.79 Å². The van der Waals surface area contributed by atoms with Crippen LogP contribution in [0.3, 0.4) is 0 Å². The van der Waals surface area contributed by atoms with Crippen molar-refractivity contribution in [2.75, 3.05) is 19.8 Å². The number of ether oxygens (including phenoxy) is 1. The van der Waals surface area contributed by atoms with E-state index in [4.69, 9.17) is 9.84 Å². The molecule has 0 aliphatic heterocycles. The first-order valence-electron chi connectivity index (χ1n) is 7.53. The van der Waals surface area contributed by atoms with E-state index < -0.39 is 0 Å². The van der Waals surface area contributed by atoms with Gasteiger partial charge in [-0.3, -0.25) is 0 Å². The molecule has 1 fully saturated rings. The molecule has 2 amide bonds. The molecular formula is C16H24N2O3. The highest BCUT2D eigenvalue weighted by molar-refractivity contribution is 5.75. The fourth-order valence-electron chi connectivity index (χ4n) is 2.36. The van der Waals surface area contributed by atoms with Gasteiger partial charge in [-0.05, 0) is 43.9 Å². The molecule has 0 atom stereocenters. The lowest BCUT2D eigenvalue weighted by Gasteiger charge is -2.22. The lowest BCUT2D eigenvalue weighted by Crippen LogP contribution is -2.42. The zero-order valence-corrected chi connectivity index (χ0v) is 12.8. The number of hydrogen-bond acceptors (Lipinski definition) is 3. The van der Waals surface area contributed by atoms with Gasteiger partial charge < -0.3 is 20.1 Å². The number of urea groups is 1. The summed E-state index contributed by atoms with van der Waals surface area (Å²) >= 11 is 0. The summed E-state index contributed by atoms with van der Waals surface area (Å²) in [6, 6.07) is 6.13. The van der Waals surface area contributed by atoms with Gasteiger partial charge in [0.2, 0.25) is 0 Å². The van der Waals surface area contributed by atoms with Crippen LogP contribution in [0.1, 0.15) is 30.9 Å². The van der Waals surface area contributed by atoms with Gasteiger partial charge in [-0.15, -0.1) is 0 Å². The highest BCUT2D eigenvalue weighted by Gasteiger charge is 2.31. The Morgan fingerprint density at radius 3 is 2.81 bits per heavy atom. The third-order valence-corrected chi connectivity index (χ3v) is 3.57. The molecule has 1 aliphatic rings. The topological polar surface area (TPSA) is 61.8 Å². The fraction of sp³-hybridized carbons (Fsp3) is 0.562. The van der Waals surface area contributed by atoms with E-state index in [9.17, 15) is 4.79 Å². The van der Waals surface area contributed by atoms with Gasteiger partial charge in [0.25, 0.3) is 0 Å². The van der Waals surface area contributed by atoms with Gasteiger partial charge in [-0.1, -0.05) is 12.1 Å². The predicted octanol–water partition coefficient (Wildman–Crippen LogP) is 2.06. The summed E-state index contributed by atoms with van der Waals surface area (Å²) in [4.78, 5) is 13.8. The van der Waals surface area contributed by atoms with Gasteiger partial charge in [0.1, 0.15) is 5.75 Å². The van der Waals surface area contributed by atoms with Gasteiger partial charge in [0, 0.05) is 19.1 Å². The Morgan fingerprint density at radius 1 is 1.48 bits per heavy atom. The predicted molar refractivity (Wildman–Crippen MR) is 81.4 cm³/mol. The number of nitrogens with one attached hydrogen (secondary N) is 1. The van der Waals surface area contributed by atoms with Crippen molar-refractivity contribution >= 4 is 6.03 Å². The molecule has 1 aromatic rings. The molecule has 5 heteroatoms. The molecule has 21 heavy (non-hydrogen) atoms. The van der Waals surface area contributed by atoms with Crippen LogP contribution in [0, 0.1) is 6.92 Å². The summed E-state index contributed by atoms with van der Waals surface area (Å²) in [5.74, 6) is 0.882. The first-order valence-corrected chi connectivity index (χ1v) is 7.53. The van der Waals surface area contributed by atoms with Crippen LogP contribution in [0.5, 0.6) is 5.75 Å². The standard InChI is InChI=1S/C16H24N2O3/c1-3-21-15-7-4-13(10-12(15)2)11-17-16(20)18(8-9-19)14-5-6-14/h4,7,10,14,19H,3,5-6,8-9,11H2,1-2H3,(H,17,20). The molecule has 5 nitrogen and oxygen atoms in total. The number of aryl methyl sites for hydroxylation is 1. The Bertz CT molecular complexity index is 486. The molecule has 2 rings (SSSR count). The Kier molecular flexibility index (Phi) is 5.44. The Hall–Kier alpha value is -1.75. The Labute approximate surface area is 125 Å². The van der Waals surface area contributed by atoms with Crippen LogP contribution in [0.2, 0.25) is 0 Å². The number of aliphatic hydroxyl groups excluding tert-OH is 1. The molecule has 0 aromatic heterocycles. The lowest BCUT2D eigenvalue weighted by atomic mass is 10.1. The highest BCUT2D eigenvalue weighted by atomic mass is 16.5. The lowest BCUT2D eigenvalue weighted by molar-refractivity contribution is 0.173. The van der Waals surface area contributed by atoms with Crippen molar-refractivity contribution in [3.63, 3.8) is 0 Å². The molecule has 0 spiro atoms. The van der Waals surface area contributed by atoms with E-state index in [0.717, 1.165) is 29.7 Å². The fourth-order valence-corrected chi connectivity index (χ4v) is 2.36. The summed E-state index contributed by atoms with van der Waals surface area (Å²) in [6.07, 6.45) is 2.07. The number of hydrogen-bond donors (Lipinski definition) is 2. The van der Waals surface area contributed by atoms with Crippen LogP contribution in [-0.4, -0.2) is 41.8 Å². The van der Waals surface area contributed by atoms with Crippen molar-refractivity contribution in [2.45, 2.75) is 39.3 Å². The van der Waals surface area contributed by atoms with E-state index >= 15 is 0 Å². The first kappa shape index (κ1) is 15.6. The van der Waals surface area contributed by atoms with E-state index in [1.54, 1.807) is 4.90 Å². The minimum Gasteiger partial charge on any atom is -0.494 e. The number of rotatable bonds is 7. The quantitative estimate of drug-likeness (QED) is 0.808. The van der Waals surface area contributed by atoms with Crippen molar-refractivity contribution in [2.24, 2.45) is 0 Å². The monoisotopic (exact) mass is 292 g/mol. The van der Waals surface area contributed by atoms with Gasteiger partial charge >= 0.3 is 6.03 Å². The maximum atomic E-state index is 12.1. The molecule has 116 valence electrons. The smallest absolute Gasteiger partial charge is 0.317 e. The summed E-state index contributed by atoms with van der Waals surface area (Å²) in [7, 11) is 0. The van der Waals surface area contributed by atoms with Crippen LogP contribution < -0.4 is 10.1 Å². The second-order valence-corrected chi connectivity index (χ2v) is 5.34. The summed E-state index contributed by atoms with van der Waals surface area (Å²) < 4.78 is 5.50. The molecule has 0 saturated heterocycles. The van der Waals surface area contributed by atoms with Crippen molar-refractivity contribution in [1.82, 2.24) is 10.2 Å². The van der Waals surface area contributed by atoms with E-state index in [2.05, 4.69) is 5.32 Å². The summed E-state index contributed by atoms with van der Waals surface area (Å²) in [5, 5.41) is 11.9. The highest BCUT2D eigenvalue weighted by Crippen LogP contribution is 2.26. The number of carbonyl (C=O) groups is 1. The van der Waals surface area contributed by atoms with Crippen LogP contribution >= 0.6 is 0 Å². The Balaban J connectivity index is 1.89. The van der Waals surface area contributed by atoms with Gasteiger partial charge in [0.05, 0.1) is 13.2 Å². The second kappa shape index (κ2) is 7.31. The maximum Gasteiger partial charge on any atom is 0.317 e. The number of benzene rings is 1. The van der Waals surface area contributed by atoms with E-state index in [-0.39, 0.29) is 12.6 Å². The van der Waals surface area contributed by atoms with Crippen LogP contribution in [-0.2, 0) is 6.54 Å². The Morgan fingerprint density at radius 2 is 2.24 bits per heavy atom. The van der Waals surface area contributed by atoms with Gasteiger partial charge in [-0.25, -0.2) is 4.79 Å². The molecule has 0 bridgehead atoms. The average molecular weight is 292 g/mol. The molecule has 0 heterocycles. The third kappa shape index (κ3) is 4.36. The molecule has 0 radical (unpaired) electrons. The maximum absolute atomic E-state index is 12.1. The largest absolute Gasteiger partial charge is 0.494 e. The van der Waals surface area contributed by atoms with E-state index in [1.165, 1.54) is 0 Å². The molecule has 2 N–H and O–H groups in total. The van der Waals surface area contributed by atoms with E-state index in [1.807, 2.05) is 32.0 Å². The molecule has 1 saturated carbocycles. The SMILES string of the molecule is CCOc1ccc(CNC(=O)N(CCO)C2CC2)cc1C. The van der Waals surface area contributed by atoms with Crippen molar-refractivity contribution in [3.8, 4) is 5.75 Å². The number of aliphatic hydroxyl groups is 1. The van der Waals surface area contributed by atoms with E-state index in [0.29, 0.717) is 25.7 Å². The number of carbonyl (C=O) groups excluding carboxylic acids is 1. The third-order valence-electron chi connectivity index (χ3n) is 3.57. The number of amides is 2. The van der Waals surface area contributed by atoms with Crippen LogP contribution in [0.15, 0.2) is 18.2 Å². The van der Waals surface area contributed by atoms with Gasteiger partial charge in [0.15, 0.2) is 0 Å². The normalized spacial score (nSPS) is 13.9.